The van der Waals surface area contributed by atoms with Gasteiger partial charge in [-0.1, -0.05) is 0 Å². The highest BCUT2D eigenvalue weighted by Crippen LogP contribution is 2.13. The number of aryl methyl sites for hydroxylation is 1. The molecule has 0 bridgehead atoms. The Balaban J connectivity index is 2.57. The van der Waals surface area contributed by atoms with Gasteiger partial charge in [-0.2, -0.15) is 0 Å². The second-order valence-corrected chi connectivity index (χ2v) is 2.68. The van der Waals surface area contributed by atoms with Crippen LogP contribution in [0.25, 0.3) is 11.6 Å². The van der Waals surface area contributed by atoms with Gasteiger partial charge in [0, 0.05) is 7.05 Å². The van der Waals surface area contributed by atoms with Crippen LogP contribution in [0.15, 0.2) is 16.9 Å². The van der Waals surface area contributed by atoms with Crippen molar-refractivity contribution in [3.8, 4) is 11.6 Å². The first kappa shape index (κ1) is 7.23. The van der Waals surface area contributed by atoms with Gasteiger partial charge in [-0.05, 0) is 12.2 Å². The predicted molar refractivity (Wildman–Crippen MR) is 43.9 cm³/mol. The number of H-pyrrole nitrogens is 1. The third kappa shape index (κ3) is 1.06. The SMILES string of the molecule is Cn1cncc1-c1n[nH]c(=S)o1. The van der Waals surface area contributed by atoms with Gasteiger partial charge in [-0.25, -0.2) is 10.1 Å². The van der Waals surface area contributed by atoms with Crippen molar-refractivity contribution in [2.75, 3.05) is 0 Å². The zero-order valence-electron chi connectivity index (χ0n) is 6.31. The number of aromatic nitrogens is 4. The van der Waals surface area contributed by atoms with E-state index in [0.717, 1.165) is 5.69 Å². The molecule has 1 N–H and O–H groups in total. The van der Waals surface area contributed by atoms with Crippen molar-refractivity contribution in [3.63, 3.8) is 0 Å². The molecule has 2 aromatic heterocycles. The third-order valence-electron chi connectivity index (χ3n) is 1.47. The monoisotopic (exact) mass is 182 g/mol. The summed E-state index contributed by atoms with van der Waals surface area (Å²) in [6.45, 7) is 0. The molecule has 2 aromatic rings. The zero-order valence-corrected chi connectivity index (χ0v) is 7.13. The molecule has 62 valence electrons. The van der Waals surface area contributed by atoms with Gasteiger partial charge in [0.05, 0.1) is 12.5 Å². The van der Waals surface area contributed by atoms with Crippen LogP contribution >= 0.6 is 12.2 Å². The molecule has 5 nitrogen and oxygen atoms in total. The number of hydrogen-bond donors (Lipinski definition) is 1. The van der Waals surface area contributed by atoms with Gasteiger partial charge >= 0.3 is 0 Å². The first-order chi connectivity index (χ1) is 5.77. The number of nitrogens with one attached hydrogen (secondary N) is 1. The average Bonchev–Trinajstić information content (AvgIpc) is 2.58. The maximum atomic E-state index is 5.10. The summed E-state index contributed by atoms with van der Waals surface area (Å²) >= 11 is 4.74. The van der Waals surface area contributed by atoms with Gasteiger partial charge in [0.1, 0.15) is 5.69 Å². The topological polar surface area (TPSA) is 59.6 Å². The number of imidazole rings is 1. The summed E-state index contributed by atoms with van der Waals surface area (Å²) in [4.78, 5) is 4.19. The standard InChI is InChI=1S/C6H6N4OS/c1-10-3-7-2-4(10)5-8-9-6(12)11-5/h2-3H,1H3,(H,9,12). The second kappa shape index (κ2) is 2.56. The first-order valence-electron chi connectivity index (χ1n) is 3.29. The minimum absolute atomic E-state index is 0.270. The van der Waals surface area contributed by atoms with Gasteiger partial charge in [0.2, 0.25) is 0 Å². The summed E-state index contributed by atoms with van der Waals surface area (Å²) < 4.78 is 6.90. The van der Waals surface area contributed by atoms with Crippen LogP contribution in [0.5, 0.6) is 0 Å². The summed E-state index contributed by atoms with van der Waals surface area (Å²) in [5.74, 6) is 0.458. The van der Waals surface area contributed by atoms with E-state index in [2.05, 4.69) is 15.2 Å². The summed E-state index contributed by atoms with van der Waals surface area (Å²) in [6.07, 6.45) is 3.33. The molecule has 0 saturated carbocycles. The lowest BCUT2D eigenvalue weighted by atomic mass is 10.5. The van der Waals surface area contributed by atoms with Crippen LogP contribution in [0, 0.1) is 4.84 Å². The van der Waals surface area contributed by atoms with Crippen LogP contribution in [0.3, 0.4) is 0 Å². The number of nitrogens with zero attached hydrogens (tertiary/aromatic N) is 3. The summed E-state index contributed by atoms with van der Waals surface area (Å²) in [6, 6.07) is 0. The molecule has 0 aliphatic carbocycles. The van der Waals surface area contributed by atoms with E-state index in [4.69, 9.17) is 16.6 Å². The molecular weight excluding hydrogens is 176 g/mol. The van der Waals surface area contributed by atoms with E-state index in [9.17, 15) is 0 Å². The molecule has 0 fully saturated rings. The Morgan fingerprint density at radius 3 is 3.00 bits per heavy atom. The normalized spacial score (nSPS) is 10.4. The lowest BCUT2D eigenvalue weighted by molar-refractivity contribution is 0.547. The van der Waals surface area contributed by atoms with E-state index < -0.39 is 0 Å². The van der Waals surface area contributed by atoms with E-state index in [0.29, 0.717) is 5.89 Å². The molecular formula is C6H6N4OS. The highest BCUT2D eigenvalue weighted by Gasteiger charge is 2.06. The van der Waals surface area contributed by atoms with E-state index in [1.807, 2.05) is 7.05 Å². The summed E-state index contributed by atoms with van der Waals surface area (Å²) in [5.41, 5.74) is 0.794. The molecule has 0 amide bonds. The minimum Gasteiger partial charge on any atom is -0.408 e. The maximum Gasteiger partial charge on any atom is 0.284 e. The van der Waals surface area contributed by atoms with Crippen LogP contribution in [0.1, 0.15) is 0 Å². The van der Waals surface area contributed by atoms with Crippen LogP contribution < -0.4 is 0 Å². The predicted octanol–water partition coefficient (Wildman–Crippen LogP) is 1.13. The van der Waals surface area contributed by atoms with E-state index in [1.54, 1.807) is 17.1 Å². The fourth-order valence-corrected chi connectivity index (χ4v) is 1.03. The van der Waals surface area contributed by atoms with Gasteiger partial charge in [0.25, 0.3) is 10.7 Å². The van der Waals surface area contributed by atoms with Crippen molar-refractivity contribution in [3.05, 3.63) is 17.4 Å². The molecule has 0 aliphatic rings. The van der Waals surface area contributed by atoms with Gasteiger partial charge < -0.3 is 8.98 Å². The Labute approximate surface area is 73.1 Å². The van der Waals surface area contributed by atoms with Crippen molar-refractivity contribution in [2.45, 2.75) is 0 Å². The van der Waals surface area contributed by atoms with Crippen molar-refractivity contribution in [1.29, 1.82) is 0 Å². The number of rotatable bonds is 1. The fraction of sp³-hybridized carbons (Fsp3) is 0.167. The maximum absolute atomic E-state index is 5.10. The number of aromatic amines is 1. The summed E-state index contributed by atoms with van der Waals surface area (Å²) in [7, 11) is 1.86. The zero-order chi connectivity index (χ0) is 8.55. The van der Waals surface area contributed by atoms with Crippen molar-refractivity contribution in [1.82, 2.24) is 19.7 Å². The summed E-state index contributed by atoms with van der Waals surface area (Å²) in [5, 5.41) is 6.40. The highest BCUT2D eigenvalue weighted by molar-refractivity contribution is 7.71. The molecule has 0 saturated heterocycles. The second-order valence-electron chi connectivity index (χ2n) is 2.31. The molecule has 2 rings (SSSR count). The average molecular weight is 182 g/mol. The minimum atomic E-state index is 0.270. The van der Waals surface area contributed by atoms with Crippen LogP contribution in [0.4, 0.5) is 0 Å². The first-order valence-corrected chi connectivity index (χ1v) is 3.70. The van der Waals surface area contributed by atoms with Crippen LogP contribution in [-0.2, 0) is 7.05 Å². The van der Waals surface area contributed by atoms with Crippen molar-refractivity contribution < 1.29 is 4.42 Å². The van der Waals surface area contributed by atoms with E-state index in [-0.39, 0.29) is 4.84 Å². The van der Waals surface area contributed by atoms with Crippen LogP contribution in [-0.4, -0.2) is 19.7 Å². The molecule has 0 radical (unpaired) electrons. The molecule has 0 atom stereocenters. The van der Waals surface area contributed by atoms with Gasteiger partial charge in [-0.15, -0.1) is 5.10 Å². The van der Waals surface area contributed by atoms with Crippen molar-refractivity contribution >= 4 is 12.2 Å². The molecule has 0 aromatic carbocycles. The van der Waals surface area contributed by atoms with Crippen molar-refractivity contribution in [2.24, 2.45) is 7.05 Å². The molecule has 0 spiro atoms. The Kier molecular flexibility index (Phi) is 1.54. The van der Waals surface area contributed by atoms with Crippen LogP contribution in [0.2, 0.25) is 0 Å². The fourth-order valence-electron chi connectivity index (χ4n) is 0.903. The lowest BCUT2D eigenvalue weighted by Crippen LogP contribution is -1.88. The van der Waals surface area contributed by atoms with Gasteiger partial charge in [-0.3, -0.25) is 0 Å². The van der Waals surface area contributed by atoms with Gasteiger partial charge in [0.15, 0.2) is 0 Å². The molecule has 0 unspecified atom stereocenters. The lowest BCUT2D eigenvalue weighted by Gasteiger charge is -1.92. The molecule has 2 heterocycles. The third-order valence-corrected chi connectivity index (χ3v) is 1.65. The molecule has 0 aliphatic heterocycles. The quantitative estimate of drug-likeness (QED) is 0.672. The Morgan fingerprint density at radius 1 is 1.67 bits per heavy atom. The molecule has 6 heteroatoms. The molecule has 12 heavy (non-hydrogen) atoms. The Bertz CT molecular complexity index is 440. The Morgan fingerprint density at radius 2 is 2.50 bits per heavy atom. The smallest absolute Gasteiger partial charge is 0.284 e. The van der Waals surface area contributed by atoms with E-state index >= 15 is 0 Å². The van der Waals surface area contributed by atoms with E-state index in [1.165, 1.54) is 0 Å². The highest BCUT2D eigenvalue weighted by atomic mass is 32.1. The number of hydrogen-bond acceptors (Lipinski definition) is 4. The Hall–Kier alpha value is -1.43. The largest absolute Gasteiger partial charge is 0.408 e.